The molecule has 3 aromatic rings. The van der Waals surface area contributed by atoms with Gasteiger partial charge < -0.3 is 10.4 Å². The molecule has 0 saturated heterocycles. The Labute approximate surface area is 181 Å². The van der Waals surface area contributed by atoms with Gasteiger partial charge in [0.15, 0.2) is 0 Å². The van der Waals surface area contributed by atoms with Crippen molar-refractivity contribution in [1.82, 2.24) is 0 Å². The number of anilines is 2. The van der Waals surface area contributed by atoms with Crippen LogP contribution in [0.15, 0.2) is 72.8 Å². The minimum atomic E-state index is -3.50. The number of amides is 1. The van der Waals surface area contributed by atoms with Crippen molar-refractivity contribution < 1.29 is 23.1 Å². The Morgan fingerprint density at radius 2 is 1.55 bits per heavy atom. The number of carboxylic acids is 1. The first-order valence-electron chi connectivity index (χ1n) is 9.41. The molecule has 1 amide bonds. The molecule has 0 radical (unpaired) electrons. The van der Waals surface area contributed by atoms with Gasteiger partial charge in [-0.3, -0.25) is 9.10 Å². The van der Waals surface area contributed by atoms with Gasteiger partial charge in [0.2, 0.25) is 10.0 Å². The second kappa shape index (κ2) is 9.01. The number of aromatic carboxylic acids is 1. The molecule has 7 nitrogen and oxygen atoms in total. The normalized spacial score (nSPS) is 11.0. The lowest BCUT2D eigenvalue weighted by molar-refractivity contribution is 0.0696. The molecule has 31 heavy (non-hydrogen) atoms. The number of benzene rings is 3. The third kappa shape index (κ3) is 5.70. The zero-order valence-electron chi connectivity index (χ0n) is 17.1. The second-order valence-corrected chi connectivity index (χ2v) is 9.05. The van der Waals surface area contributed by atoms with Gasteiger partial charge in [-0.05, 0) is 66.6 Å². The van der Waals surface area contributed by atoms with E-state index in [0.717, 1.165) is 17.4 Å². The van der Waals surface area contributed by atoms with Crippen LogP contribution in [0.25, 0.3) is 0 Å². The first-order valence-corrected chi connectivity index (χ1v) is 11.3. The summed E-state index contributed by atoms with van der Waals surface area (Å²) < 4.78 is 26.0. The highest BCUT2D eigenvalue weighted by atomic mass is 32.2. The van der Waals surface area contributed by atoms with E-state index in [2.05, 4.69) is 5.32 Å². The predicted molar refractivity (Wildman–Crippen MR) is 120 cm³/mol. The van der Waals surface area contributed by atoms with Crippen molar-refractivity contribution in [2.75, 3.05) is 15.9 Å². The average Bonchev–Trinajstić information content (AvgIpc) is 2.72. The lowest BCUT2D eigenvalue weighted by Gasteiger charge is -2.23. The summed E-state index contributed by atoms with van der Waals surface area (Å²) in [5.74, 6) is -1.39. The van der Waals surface area contributed by atoms with Crippen LogP contribution in [-0.2, 0) is 16.6 Å². The Balaban J connectivity index is 1.73. The molecule has 0 bridgehead atoms. The van der Waals surface area contributed by atoms with Gasteiger partial charge in [0.05, 0.1) is 24.1 Å². The summed E-state index contributed by atoms with van der Waals surface area (Å²) in [6.45, 7) is 2.04. The fourth-order valence-corrected chi connectivity index (χ4v) is 3.89. The van der Waals surface area contributed by atoms with Crippen LogP contribution in [0.1, 0.15) is 31.8 Å². The van der Waals surface area contributed by atoms with Crippen LogP contribution >= 0.6 is 0 Å². The Bertz CT molecular complexity index is 1200. The summed E-state index contributed by atoms with van der Waals surface area (Å²) in [4.78, 5) is 23.4. The molecule has 0 aromatic heterocycles. The van der Waals surface area contributed by atoms with E-state index in [1.165, 1.54) is 28.6 Å². The van der Waals surface area contributed by atoms with Crippen molar-refractivity contribution in [3.63, 3.8) is 0 Å². The Morgan fingerprint density at radius 1 is 0.935 bits per heavy atom. The highest BCUT2D eigenvalue weighted by Crippen LogP contribution is 2.22. The number of aryl methyl sites for hydroxylation is 1. The number of nitrogens with one attached hydrogen (secondary N) is 1. The van der Waals surface area contributed by atoms with Crippen LogP contribution in [-0.4, -0.2) is 31.7 Å². The van der Waals surface area contributed by atoms with Crippen LogP contribution in [0, 0.1) is 6.92 Å². The molecule has 0 fully saturated rings. The van der Waals surface area contributed by atoms with Crippen LogP contribution < -0.4 is 9.62 Å². The summed E-state index contributed by atoms with van der Waals surface area (Å²) in [6.07, 6.45) is 1.16. The highest BCUT2D eigenvalue weighted by Gasteiger charge is 2.18. The number of carboxylic acid groups (broad SMARTS) is 1. The number of nitrogens with zero attached hydrogens (tertiary/aromatic N) is 1. The standard InChI is InChI=1S/C23H22N2O5S/c1-16-4-3-5-21(14-16)25(31(2,29)30)15-17-6-8-18(9-7-17)22(26)24-20-12-10-19(11-13-20)23(27)28/h3-14H,15H2,1-2H3,(H,24,26)(H,27,28). The molecule has 0 atom stereocenters. The third-order valence-electron chi connectivity index (χ3n) is 4.62. The smallest absolute Gasteiger partial charge is 0.335 e. The maximum atomic E-state index is 12.5. The molecule has 0 saturated carbocycles. The number of sulfonamides is 1. The third-order valence-corrected chi connectivity index (χ3v) is 5.76. The van der Waals surface area contributed by atoms with Gasteiger partial charge in [0, 0.05) is 11.3 Å². The Morgan fingerprint density at radius 3 is 2.10 bits per heavy atom. The SMILES string of the molecule is Cc1cccc(N(Cc2ccc(C(=O)Nc3ccc(C(=O)O)cc3)cc2)S(C)(=O)=O)c1. The molecule has 0 aliphatic heterocycles. The molecular weight excluding hydrogens is 416 g/mol. The van der Waals surface area contributed by atoms with E-state index in [0.29, 0.717) is 16.9 Å². The number of hydrogen-bond donors (Lipinski definition) is 2. The van der Waals surface area contributed by atoms with E-state index in [9.17, 15) is 18.0 Å². The molecule has 2 N–H and O–H groups in total. The predicted octanol–water partition coefficient (Wildman–Crippen LogP) is 3.91. The number of rotatable bonds is 7. The van der Waals surface area contributed by atoms with Crippen molar-refractivity contribution in [3.8, 4) is 0 Å². The van der Waals surface area contributed by atoms with Crippen molar-refractivity contribution in [2.45, 2.75) is 13.5 Å². The quantitative estimate of drug-likeness (QED) is 0.582. The van der Waals surface area contributed by atoms with Gasteiger partial charge in [-0.25, -0.2) is 13.2 Å². The van der Waals surface area contributed by atoms with Gasteiger partial charge >= 0.3 is 5.97 Å². The second-order valence-electron chi connectivity index (χ2n) is 7.14. The zero-order chi connectivity index (χ0) is 22.6. The Kier molecular flexibility index (Phi) is 6.41. The first-order chi connectivity index (χ1) is 14.6. The van der Waals surface area contributed by atoms with E-state index < -0.39 is 16.0 Å². The molecule has 3 aromatic carbocycles. The van der Waals surface area contributed by atoms with Gasteiger partial charge in [0.25, 0.3) is 5.91 Å². The summed E-state index contributed by atoms with van der Waals surface area (Å²) >= 11 is 0. The molecule has 160 valence electrons. The summed E-state index contributed by atoms with van der Waals surface area (Å²) in [6, 6.07) is 19.7. The summed E-state index contributed by atoms with van der Waals surface area (Å²) in [5.41, 5.74) is 3.26. The minimum Gasteiger partial charge on any atom is -0.478 e. The molecule has 8 heteroatoms. The molecule has 0 aliphatic rings. The summed E-state index contributed by atoms with van der Waals surface area (Å²) in [5, 5.41) is 11.6. The maximum absolute atomic E-state index is 12.5. The van der Waals surface area contributed by atoms with E-state index in [4.69, 9.17) is 5.11 Å². The molecule has 3 rings (SSSR count). The molecule has 0 unspecified atom stereocenters. The fraction of sp³-hybridized carbons (Fsp3) is 0.130. The summed E-state index contributed by atoms with van der Waals surface area (Å²) in [7, 11) is -3.50. The number of carbonyl (C=O) groups is 2. The van der Waals surface area contributed by atoms with E-state index in [-0.39, 0.29) is 18.0 Å². The van der Waals surface area contributed by atoms with Crippen LogP contribution in [0.3, 0.4) is 0 Å². The Hall–Kier alpha value is -3.65. The lowest BCUT2D eigenvalue weighted by atomic mass is 10.1. The van der Waals surface area contributed by atoms with Crippen LogP contribution in [0.5, 0.6) is 0 Å². The molecular formula is C23H22N2O5S. The minimum absolute atomic E-state index is 0.131. The van der Waals surface area contributed by atoms with Gasteiger partial charge in [0.1, 0.15) is 0 Å². The van der Waals surface area contributed by atoms with Gasteiger partial charge in [-0.1, -0.05) is 24.3 Å². The fourth-order valence-electron chi connectivity index (χ4n) is 3.01. The maximum Gasteiger partial charge on any atom is 0.335 e. The van der Waals surface area contributed by atoms with E-state index >= 15 is 0 Å². The van der Waals surface area contributed by atoms with Crippen molar-refractivity contribution in [2.24, 2.45) is 0 Å². The first kappa shape index (κ1) is 22.0. The number of carbonyl (C=O) groups excluding carboxylic acids is 1. The molecule has 0 spiro atoms. The van der Waals surface area contributed by atoms with Crippen molar-refractivity contribution >= 4 is 33.3 Å². The van der Waals surface area contributed by atoms with E-state index in [1.807, 2.05) is 13.0 Å². The highest BCUT2D eigenvalue weighted by molar-refractivity contribution is 7.92. The lowest BCUT2D eigenvalue weighted by Crippen LogP contribution is -2.29. The topological polar surface area (TPSA) is 104 Å². The van der Waals surface area contributed by atoms with Crippen LogP contribution in [0.2, 0.25) is 0 Å². The monoisotopic (exact) mass is 438 g/mol. The number of hydrogen-bond acceptors (Lipinski definition) is 4. The van der Waals surface area contributed by atoms with Gasteiger partial charge in [-0.15, -0.1) is 0 Å². The van der Waals surface area contributed by atoms with Gasteiger partial charge in [-0.2, -0.15) is 0 Å². The van der Waals surface area contributed by atoms with Crippen molar-refractivity contribution in [1.29, 1.82) is 0 Å². The van der Waals surface area contributed by atoms with E-state index in [1.54, 1.807) is 42.5 Å². The molecule has 0 heterocycles. The zero-order valence-corrected chi connectivity index (χ0v) is 17.9. The largest absolute Gasteiger partial charge is 0.478 e. The van der Waals surface area contributed by atoms with Crippen LogP contribution in [0.4, 0.5) is 11.4 Å². The average molecular weight is 439 g/mol. The van der Waals surface area contributed by atoms with Crippen molar-refractivity contribution in [3.05, 3.63) is 95.1 Å². The molecule has 0 aliphatic carbocycles.